The van der Waals surface area contributed by atoms with Gasteiger partial charge in [-0.2, -0.15) is 0 Å². The van der Waals surface area contributed by atoms with E-state index in [0.29, 0.717) is 0 Å². The summed E-state index contributed by atoms with van der Waals surface area (Å²) in [5.41, 5.74) is 0. The maximum atomic E-state index is 4.25. The molecule has 13 heavy (non-hydrogen) atoms. The summed E-state index contributed by atoms with van der Waals surface area (Å²) in [7, 11) is 0. The zero-order valence-corrected chi connectivity index (χ0v) is 11.7. The molecule has 0 aliphatic carbocycles. The molecule has 0 heterocycles. The van der Waals surface area contributed by atoms with Gasteiger partial charge in [-0.1, -0.05) is 0 Å². The van der Waals surface area contributed by atoms with Gasteiger partial charge in [0.2, 0.25) is 0 Å². The van der Waals surface area contributed by atoms with E-state index in [9.17, 15) is 0 Å². The minimum Gasteiger partial charge on any atom is -0.521 e. The number of hydrogen-bond donors (Lipinski definition) is 0. The van der Waals surface area contributed by atoms with E-state index in [1.165, 1.54) is 0 Å². The Balaban J connectivity index is -0.00000000208. The Morgan fingerprint density at radius 1 is 0.385 bits per heavy atom. The van der Waals surface area contributed by atoms with Gasteiger partial charge in [0.25, 0.3) is 0 Å². The summed E-state index contributed by atoms with van der Waals surface area (Å²) in [6.07, 6.45) is 0. The van der Waals surface area contributed by atoms with Crippen molar-refractivity contribution < 1.29 is 21.1 Å². The molecule has 90 valence electrons. The van der Waals surface area contributed by atoms with E-state index in [1.54, 1.807) is 0 Å². The van der Waals surface area contributed by atoms with Crippen molar-refractivity contribution in [3.8, 4) is 0 Å². The summed E-state index contributed by atoms with van der Waals surface area (Å²) in [6.45, 7) is 28.0. The Morgan fingerprint density at radius 2 is 0.385 bits per heavy atom. The molecule has 0 atom stereocenters. The fourth-order valence-corrected chi connectivity index (χ4v) is 0. The summed E-state index contributed by atoms with van der Waals surface area (Å²) in [6, 6.07) is 0. The minimum absolute atomic E-state index is 0. The third-order valence-corrected chi connectivity index (χ3v) is 0. The van der Waals surface area contributed by atoms with E-state index in [4.69, 9.17) is 0 Å². The maximum absolute atomic E-state index is 4.25. The van der Waals surface area contributed by atoms with E-state index < -0.39 is 0 Å². The van der Waals surface area contributed by atoms with Crippen LogP contribution >= 0.6 is 0 Å². The molecule has 0 saturated heterocycles. The van der Waals surface area contributed by atoms with Gasteiger partial charge >= 0.3 is 0 Å². The molecule has 0 fully saturated rings. The Bertz CT molecular complexity index is 13.1. The second-order valence-corrected chi connectivity index (χ2v) is 0. The smallest absolute Gasteiger partial charge is 0 e. The van der Waals surface area contributed by atoms with Gasteiger partial charge in [-0.3, -0.25) is 26.3 Å². The van der Waals surface area contributed by atoms with Crippen molar-refractivity contribution in [1.82, 2.24) is 0 Å². The molecule has 0 aliphatic heterocycles. The van der Waals surface area contributed by atoms with Crippen LogP contribution in [0.3, 0.4) is 0 Å². The van der Waals surface area contributed by atoms with Crippen LogP contribution in [-0.2, 0) is 21.1 Å². The molecule has 0 unspecified atom stereocenters. The minimum atomic E-state index is 0. The standard InChI is InChI=1S/4C2H3.4CH3.Pt/c4*1-2;;;;;/h4*1H,2H2;4*1H3;/q8*-1;. The van der Waals surface area contributed by atoms with Crippen molar-refractivity contribution in [2.24, 2.45) is 0 Å². The monoisotopic (exact) mass is 363 g/mol. The van der Waals surface area contributed by atoms with Crippen LogP contribution in [0.5, 0.6) is 0 Å². The normalized spacial score (nSPS) is 1.23. The molecule has 0 aromatic carbocycles. The van der Waals surface area contributed by atoms with Gasteiger partial charge in [0.15, 0.2) is 0 Å². The molecular formula is C12H24Pt-8. The van der Waals surface area contributed by atoms with Crippen LogP contribution in [-0.4, -0.2) is 0 Å². The van der Waals surface area contributed by atoms with Crippen molar-refractivity contribution in [2.75, 3.05) is 0 Å². The fourth-order valence-electron chi connectivity index (χ4n) is 0. The van der Waals surface area contributed by atoms with Crippen LogP contribution in [0.15, 0.2) is 26.3 Å². The molecule has 0 rings (SSSR count). The zero-order chi connectivity index (χ0) is 8.00. The summed E-state index contributed by atoms with van der Waals surface area (Å²) in [5.74, 6) is 0. The zero-order valence-electron chi connectivity index (χ0n) is 9.45. The Morgan fingerprint density at radius 3 is 0.385 bits per heavy atom. The van der Waals surface area contributed by atoms with E-state index in [0.717, 1.165) is 0 Å². The molecule has 0 aromatic rings. The predicted molar refractivity (Wildman–Crippen MR) is 65.4 cm³/mol. The summed E-state index contributed by atoms with van der Waals surface area (Å²) >= 11 is 0. The summed E-state index contributed by atoms with van der Waals surface area (Å²) in [4.78, 5) is 0. The molecule has 1 heteroatoms. The Hall–Kier alpha value is -0.352. The summed E-state index contributed by atoms with van der Waals surface area (Å²) in [5, 5.41) is 0. The van der Waals surface area contributed by atoms with Crippen LogP contribution in [0.2, 0.25) is 0 Å². The van der Waals surface area contributed by atoms with E-state index in [-0.39, 0.29) is 50.8 Å². The molecule has 0 saturated carbocycles. The number of rotatable bonds is 0. The molecule has 0 N–H and O–H groups in total. The first-order valence-corrected chi connectivity index (χ1v) is 1.63. The van der Waals surface area contributed by atoms with Crippen molar-refractivity contribution in [3.05, 3.63) is 82.3 Å². The topological polar surface area (TPSA) is 0 Å². The second-order valence-electron chi connectivity index (χ2n) is 0. The van der Waals surface area contributed by atoms with Gasteiger partial charge in [-0.25, -0.2) is 0 Å². The van der Waals surface area contributed by atoms with Crippen LogP contribution in [0.1, 0.15) is 0 Å². The van der Waals surface area contributed by atoms with Gasteiger partial charge in [-0.15, -0.1) is 0 Å². The maximum Gasteiger partial charge on any atom is 0 e. The second kappa shape index (κ2) is 10700. The van der Waals surface area contributed by atoms with E-state index in [2.05, 4.69) is 52.6 Å². The molecule has 0 amide bonds. The van der Waals surface area contributed by atoms with Gasteiger partial charge in [0, 0.05) is 21.1 Å². The summed E-state index contributed by atoms with van der Waals surface area (Å²) < 4.78 is 0. The van der Waals surface area contributed by atoms with Gasteiger partial charge in [-0.05, 0) is 0 Å². The number of hydrogen-bond acceptors (Lipinski definition) is 0. The molecular weight excluding hydrogens is 339 g/mol. The molecule has 0 spiro atoms. The third kappa shape index (κ3) is 8770. The predicted octanol–water partition coefficient (Wildman–Crippen LogP) is 4.22. The van der Waals surface area contributed by atoms with Crippen molar-refractivity contribution in [1.29, 1.82) is 0 Å². The van der Waals surface area contributed by atoms with Crippen molar-refractivity contribution in [3.63, 3.8) is 0 Å². The molecule has 0 aliphatic rings. The van der Waals surface area contributed by atoms with Crippen LogP contribution in [0, 0.1) is 56.0 Å². The van der Waals surface area contributed by atoms with Crippen LogP contribution in [0.4, 0.5) is 0 Å². The van der Waals surface area contributed by atoms with E-state index in [1.807, 2.05) is 0 Å². The van der Waals surface area contributed by atoms with Crippen LogP contribution < -0.4 is 0 Å². The molecule has 0 aromatic heterocycles. The third-order valence-electron chi connectivity index (χ3n) is 0. The fraction of sp³-hybridized carbons (Fsp3) is 0. The first-order chi connectivity index (χ1) is 4.00. The van der Waals surface area contributed by atoms with Gasteiger partial charge < -0.3 is 56.0 Å². The van der Waals surface area contributed by atoms with Crippen molar-refractivity contribution >= 4 is 0 Å². The Labute approximate surface area is 103 Å². The largest absolute Gasteiger partial charge is 0.521 e. The molecule has 0 bridgehead atoms. The average molecular weight is 363 g/mol. The molecule has 0 nitrogen and oxygen atoms in total. The van der Waals surface area contributed by atoms with Crippen LogP contribution in [0.25, 0.3) is 0 Å². The van der Waals surface area contributed by atoms with Gasteiger partial charge in [0.05, 0.1) is 0 Å². The Kier molecular flexibility index (Phi) is 106000. The van der Waals surface area contributed by atoms with Gasteiger partial charge in [0.1, 0.15) is 0 Å². The molecule has 0 radical (unpaired) electrons. The van der Waals surface area contributed by atoms with E-state index >= 15 is 0 Å². The first kappa shape index (κ1) is 129. The SMILES string of the molecule is [CH-]=C.[CH-]=C.[CH-]=C.[CH-]=C.[CH3-].[CH3-].[CH3-].[CH3-].[Pt]. The average Bonchev–Trinajstić information content (AvgIpc) is 2.03. The van der Waals surface area contributed by atoms with Crippen molar-refractivity contribution in [2.45, 2.75) is 0 Å². The first-order valence-electron chi connectivity index (χ1n) is 1.63. The quantitative estimate of drug-likeness (QED) is 0.566.